The zero-order chi connectivity index (χ0) is 19.8. The summed E-state index contributed by atoms with van der Waals surface area (Å²) in [5.41, 5.74) is 2.14. The number of fused-ring (bicyclic) bond motifs is 1. The molecule has 0 bridgehead atoms. The van der Waals surface area contributed by atoms with E-state index in [0.29, 0.717) is 13.1 Å². The number of anilines is 2. The predicted octanol–water partition coefficient (Wildman–Crippen LogP) is 2.26. The van der Waals surface area contributed by atoms with Gasteiger partial charge in [0.1, 0.15) is 5.69 Å². The average molecular weight is 410 g/mol. The van der Waals surface area contributed by atoms with E-state index < -0.39 is 0 Å². The maximum Gasteiger partial charge on any atom is 0.210 e. The van der Waals surface area contributed by atoms with Gasteiger partial charge in [-0.3, -0.25) is 4.79 Å². The van der Waals surface area contributed by atoms with E-state index >= 15 is 0 Å². The molecule has 1 aromatic carbocycles. The van der Waals surface area contributed by atoms with Crippen molar-refractivity contribution >= 4 is 28.6 Å². The Balaban J connectivity index is 1.31. The van der Waals surface area contributed by atoms with Crippen molar-refractivity contribution in [3.8, 4) is 11.5 Å². The summed E-state index contributed by atoms with van der Waals surface area (Å²) in [6, 6.07) is 10.5. The predicted molar refractivity (Wildman–Crippen MR) is 113 cm³/mol. The Kier molecular flexibility index (Phi) is 4.67. The highest BCUT2D eigenvalue weighted by molar-refractivity contribution is 7.14. The molecule has 9 heteroatoms. The summed E-state index contributed by atoms with van der Waals surface area (Å²) in [7, 11) is 0. The van der Waals surface area contributed by atoms with E-state index in [1.807, 2.05) is 6.92 Å². The molecule has 5 rings (SSSR count). The van der Waals surface area contributed by atoms with Gasteiger partial charge in [0.05, 0.1) is 6.04 Å². The molecular weight excluding hydrogens is 386 g/mol. The number of benzene rings is 1. The number of hydrogen-bond donors (Lipinski definition) is 0. The van der Waals surface area contributed by atoms with Gasteiger partial charge in [-0.1, -0.05) is 18.2 Å². The van der Waals surface area contributed by atoms with E-state index in [1.165, 1.54) is 5.69 Å². The van der Waals surface area contributed by atoms with Crippen LogP contribution in [0.25, 0.3) is 11.5 Å². The summed E-state index contributed by atoms with van der Waals surface area (Å²) >= 11 is 1.66. The van der Waals surface area contributed by atoms with Crippen molar-refractivity contribution in [1.29, 1.82) is 0 Å². The first-order valence-corrected chi connectivity index (χ1v) is 10.8. The number of thiazole rings is 1. The van der Waals surface area contributed by atoms with Crippen LogP contribution in [0.4, 0.5) is 10.8 Å². The fourth-order valence-electron chi connectivity index (χ4n) is 4.04. The summed E-state index contributed by atoms with van der Waals surface area (Å²) in [6.45, 7) is 7.22. The molecule has 2 aliphatic heterocycles. The van der Waals surface area contributed by atoms with Crippen LogP contribution < -0.4 is 9.80 Å². The monoisotopic (exact) mass is 409 g/mol. The normalized spacial score (nSPS) is 19.3. The summed E-state index contributed by atoms with van der Waals surface area (Å²) in [5.74, 6) is 1.62. The molecule has 1 unspecified atom stereocenters. The first-order chi connectivity index (χ1) is 14.2. The first kappa shape index (κ1) is 18.1. The van der Waals surface area contributed by atoms with E-state index in [1.54, 1.807) is 16.2 Å². The van der Waals surface area contributed by atoms with Crippen LogP contribution in [0.2, 0.25) is 0 Å². The van der Waals surface area contributed by atoms with Gasteiger partial charge in [-0.25, -0.2) is 4.98 Å². The highest BCUT2D eigenvalue weighted by Crippen LogP contribution is 2.31. The summed E-state index contributed by atoms with van der Waals surface area (Å²) < 4.78 is 2.09. The van der Waals surface area contributed by atoms with Gasteiger partial charge in [0, 0.05) is 50.3 Å². The Morgan fingerprint density at radius 2 is 1.76 bits per heavy atom. The molecule has 0 saturated carbocycles. The number of hydrogen-bond acceptors (Lipinski definition) is 7. The molecule has 2 aromatic heterocycles. The van der Waals surface area contributed by atoms with Crippen LogP contribution in [0.3, 0.4) is 0 Å². The van der Waals surface area contributed by atoms with Crippen molar-refractivity contribution in [2.75, 3.05) is 42.5 Å². The molecule has 0 radical (unpaired) electrons. The van der Waals surface area contributed by atoms with Crippen molar-refractivity contribution in [2.24, 2.45) is 0 Å². The Bertz CT molecular complexity index is 993. The highest BCUT2D eigenvalue weighted by Gasteiger charge is 2.29. The van der Waals surface area contributed by atoms with Crippen molar-refractivity contribution < 1.29 is 4.79 Å². The lowest BCUT2D eigenvalue weighted by atomic mass is 10.2. The number of carbonyl (C=O) groups excluding carboxylic acids is 1. The summed E-state index contributed by atoms with van der Waals surface area (Å²) in [5, 5.41) is 11.8. The molecular formula is C20H23N7OS. The molecule has 2 aliphatic rings. The number of piperazine rings is 1. The van der Waals surface area contributed by atoms with E-state index in [9.17, 15) is 4.79 Å². The lowest BCUT2D eigenvalue weighted by molar-refractivity contribution is -0.121. The van der Waals surface area contributed by atoms with Gasteiger partial charge in [0.2, 0.25) is 6.41 Å². The van der Waals surface area contributed by atoms with E-state index in [4.69, 9.17) is 4.98 Å². The number of para-hydroxylation sites is 1. The van der Waals surface area contributed by atoms with Crippen LogP contribution >= 0.6 is 11.3 Å². The molecule has 8 nitrogen and oxygen atoms in total. The maximum absolute atomic E-state index is 11.2. The standard InChI is InChI=1S/C20H23N7OS/c1-15-18-22-23-19(27(18)12-11-26(15)14-28)17-13-29-20(21-17)25-9-7-24(8-10-25)16-5-3-2-4-6-16/h2-6,13-15H,7-12H2,1H3. The number of amides is 1. The van der Waals surface area contributed by atoms with Crippen LogP contribution in [-0.2, 0) is 11.3 Å². The van der Waals surface area contributed by atoms with Crippen LogP contribution in [0.5, 0.6) is 0 Å². The van der Waals surface area contributed by atoms with Crippen LogP contribution in [0, 0.1) is 0 Å². The van der Waals surface area contributed by atoms with Crippen LogP contribution in [0.15, 0.2) is 35.7 Å². The van der Waals surface area contributed by atoms with E-state index in [0.717, 1.165) is 55.1 Å². The van der Waals surface area contributed by atoms with Crippen LogP contribution in [-0.4, -0.2) is 63.8 Å². The third-order valence-corrected chi connectivity index (χ3v) is 6.66. The molecule has 0 aliphatic carbocycles. The third-order valence-electron chi connectivity index (χ3n) is 5.76. The van der Waals surface area contributed by atoms with Gasteiger partial charge in [-0.05, 0) is 19.1 Å². The number of rotatable bonds is 4. The molecule has 4 heterocycles. The SMILES string of the molecule is CC1c2nnc(-c3csc(N4CCN(c5ccccc5)CC4)n3)n2CCN1C=O. The fourth-order valence-corrected chi connectivity index (χ4v) is 4.90. The minimum absolute atomic E-state index is 0.0633. The topological polar surface area (TPSA) is 70.4 Å². The average Bonchev–Trinajstić information content (AvgIpc) is 3.42. The minimum atomic E-state index is -0.0633. The number of nitrogens with zero attached hydrogens (tertiary/aromatic N) is 7. The molecule has 29 heavy (non-hydrogen) atoms. The van der Waals surface area contributed by atoms with Gasteiger partial charge in [-0.15, -0.1) is 21.5 Å². The van der Waals surface area contributed by atoms with Gasteiger partial charge < -0.3 is 19.3 Å². The zero-order valence-corrected chi connectivity index (χ0v) is 17.1. The van der Waals surface area contributed by atoms with Crippen molar-refractivity contribution in [3.63, 3.8) is 0 Å². The molecule has 1 atom stereocenters. The van der Waals surface area contributed by atoms with Crippen molar-refractivity contribution in [3.05, 3.63) is 41.5 Å². The first-order valence-electron chi connectivity index (χ1n) is 9.89. The van der Waals surface area contributed by atoms with E-state index in [2.05, 4.69) is 60.3 Å². The molecule has 150 valence electrons. The van der Waals surface area contributed by atoms with Gasteiger partial charge in [0.25, 0.3) is 0 Å². The second kappa shape index (κ2) is 7.47. The molecule has 1 amide bonds. The Morgan fingerprint density at radius 1 is 1.00 bits per heavy atom. The second-order valence-corrected chi connectivity index (χ2v) is 8.21. The molecule has 0 N–H and O–H groups in total. The summed E-state index contributed by atoms with van der Waals surface area (Å²) in [4.78, 5) is 22.6. The molecule has 1 fully saturated rings. The lowest BCUT2D eigenvalue weighted by Crippen LogP contribution is -2.46. The minimum Gasteiger partial charge on any atom is -0.368 e. The van der Waals surface area contributed by atoms with Crippen molar-refractivity contribution in [2.45, 2.75) is 19.5 Å². The number of aromatic nitrogens is 4. The smallest absolute Gasteiger partial charge is 0.210 e. The van der Waals surface area contributed by atoms with Gasteiger partial charge in [-0.2, -0.15) is 0 Å². The van der Waals surface area contributed by atoms with E-state index in [-0.39, 0.29) is 6.04 Å². The molecule has 1 saturated heterocycles. The lowest BCUT2D eigenvalue weighted by Gasteiger charge is -2.36. The Labute approximate surface area is 173 Å². The fraction of sp³-hybridized carbons (Fsp3) is 0.400. The molecule has 3 aromatic rings. The Hall–Kier alpha value is -2.94. The quantitative estimate of drug-likeness (QED) is 0.616. The highest BCUT2D eigenvalue weighted by atomic mass is 32.1. The molecule has 0 spiro atoms. The Morgan fingerprint density at radius 3 is 2.52 bits per heavy atom. The van der Waals surface area contributed by atoms with Gasteiger partial charge in [0.15, 0.2) is 16.8 Å². The van der Waals surface area contributed by atoms with Crippen molar-refractivity contribution in [1.82, 2.24) is 24.6 Å². The largest absolute Gasteiger partial charge is 0.368 e. The van der Waals surface area contributed by atoms with Gasteiger partial charge >= 0.3 is 0 Å². The third kappa shape index (κ3) is 3.25. The second-order valence-electron chi connectivity index (χ2n) is 7.38. The summed E-state index contributed by atoms with van der Waals surface area (Å²) in [6.07, 6.45) is 0.887. The number of carbonyl (C=O) groups is 1. The van der Waals surface area contributed by atoms with Crippen LogP contribution in [0.1, 0.15) is 18.8 Å². The maximum atomic E-state index is 11.2. The zero-order valence-electron chi connectivity index (χ0n) is 16.3.